The number of halogens is 1. The van der Waals surface area contributed by atoms with Gasteiger partial charge >= 0.3 is 0 Å². The normalized spacial score (nSPS) is 12.3. The van der Waals surface area contributed by atoms with Crippen molar-refractivity contribution in [3.8, 4) is 17.6 Å². The van der Waals surface area contributed by atoms with Crippen LogP contribution in [0.2, 0.25) is 5.02 Å². The third-order valence-corrected chi connectivity index (χ3v) is 2.52. The second-order valence-electron chi connectivity index (χ2n) is 5.41. The van der Waals surface area contributed by atoms with E-state index < -0.39 is 6.10 Å². The van der Waals surface area contributed by atoms with Gasteiger partial charge in [0, 0.05) is 10.4 Å². The Hall–Kier alpha value is -1.46. The quantitative estimate of drug-likeness (QED) is 0.775. The monoisotopic (exact) mass is 278 g/mol. The first-order chi connectivity index (χ1) is 8.78. The Balaban J connectivity index is 2.56. The number of carbonyl (C=O) groups is 1. The zero-order valence-electron chi connectivity index (χ0n) is 11.8. The van der Waals surface area contributed by atoms with Gasteiger partial charge in [0.05, 0.1) is 6.42 Å². The van der Waals surface area contributed by atoms with Gasteiger partial charge < -0.3 is 4.74 Å². The van der Waals surface area contributed by atoms with Gasteiger partial charge in [-0.1, -0.05) is 29.5 Å². The predicted molar refractivity (Wildman–Crippen MR) is 78.4 cm³/mol. The van der Waals surface area contributed by atoms with Crippen LogP contribution in [0.25, 0.3) is 0 Å². The Morgan fingerprint density at radius 3 is 2.68 bits per heavy atom. The van der Waals surface area contributed by atoms with Crippen molar-refractivity contribution in [1.29, 1.82) is 0 Å². The van der Waals surface area contributed by atoms with Crippen molar-refractivity contribution in [3.05, 3.63) is 29.3 Å². The van der Waals surface area contributed by atoms with E-state index in [-0.39, 0.29) is 17.6 Å². The summed E-state index contributed by atoms with van der Waals surface area (Å²) in [5, 5.41) is 0.588. The lowest BCUT2D eigenvalue weighted by Crippen LogP contribution is -2.23. The van der Waals surface area contributed by atoms with E-state index in [4.69, 9.17) is 16.3 Å². The largest absolute Gasteiger partial charge is 0.483 e. The van der Waals surface area contributed by atoms with Gasteiger partial charge in [0.1, 0.15) is 5.75 Å². The van der Waals surface area contributed by atoms with E-state index in [2.05, 4.69) is 11.8 Å². The molecule has 0 aromatic heterocycles. The number of hydrogen-bond donors (Lipinski definition) is 0. The topological polar surface area (TPSA) is 26.3 Å². The van der Waals surface area contributed by atoms with Crippen LogP contribution in [0.5, 0.6) is 5.75 Å². The van der Waals surface area contributed by atoms with Crippen LogP contribution in [0, 0.1) is 17.3 Å². The number of carbonyl (C=O) groups excluding carboxylic acids is 1. The summed E-state index contributed by atoms with van der Waals surface area (Å²) in [5.74, 6) is 6.49. The van der Waals surface area contributed by atoms with Gasteiger partial charge in [0.2, 0.25) is 0 Å². The summed E-state index contributed by atoms with van der Waals surface area (Å²) in [6.07, 6.45) is -0.313. The molecule has 0 N–H and O–H groups in total. The van der Waals surface area contributed by atoms with Crippen LogP contribution >= 0.6 is 11.6 Å². The van der Waals surface area contributed by atoms with Crippen LogP contribution in [0.1, 0.15) is 34.1 Å². The van der Waals surface area contributed by atoms with E-state index in [1.165, 1.54) is 0 Å². The molecule has 1 atom stereocenters. The Bertz CT molecular complexity index is 503. The van der Waals surface area contributed by atoms with Gasteiger partial charge in [-0.3, -0.25) is 4.79 Å². The van der Waals surface area contributed by atoms with E-state index in [1.807, 2.05) is 20.8 Å². The molecule has 1 unspecified atom stereocenters. The van der Waals surface area contributed by atoms with Crippen molar-refractivity contribution in [2.75, 3.05) is 0 Å². The summed E-state index contributed by atoms with van der Waals surface area (Å²) in [6.45, 7) is 7.76. The van der Waals surface area contributed by atoms with Crippen LogP contribution in [0.3, 0.4) is 0 Å². The molecule has 0 heterocycles. The third kappa shape index (κ3) is 6.31. The lowest BCUT2D eigenvalue weighted by atomic mass is 9.97. The standard InChI is InChI=1S/C16H19ClO2/c1-12(15(18)9-6-10-16(2,3)4)19-14-8-5-7-13(17)11-14/h5,7-8,11-12H,9H2,1-4H3. The van der Waals surface area contributed by atoms with E-state index in [0.717, 1.165) is 0 Å². The molecule has 0 amide bonds. The van der Waals surface area contributed by atoms with E-state index in [1.54, 1.807) is 31.2 Å². The number of benzene rings is 1. The minimum Gasteiger partial charge on any atom is -0.483 e. The van der Waals surface area contributed by atoms with Crippen LogP contribution < -0.4 is 4.74 Å². The van der Waals surface area contributed by atoms with Gasteiger partial charge in [0.25, 0.3) is 0 Å². The Labute approximate surface area is 120 Å². The molecule has 0 aliphatic rings. The molecule has 1 aromatic carbocycles. The van der Waals surface area contributed by atoms with Crippen molar-refractivity contribution in [2.24, 2.45) is 5.41 Å². The van der Waals surface area contributed by atoms with E-state index in [9.17, 15) is 4.79 Å². The minimum absolute atomic E-state index is 0.0308. The highest BCUT2D eigenvalue weighted by Gasteiger charge is 2.13. The first kappa shape index (κ1) is 15.6. The van der Waals surface area contributed by atoms with Crippen LogP contribution in [0.15, 0.2) is 24.3 Å². The van der Waals surface area contributed by atoms with Gasteiger partial charge in [-0.05, 0) is 45.9 Å². The molecule has 2 nitrogen and oxygen atoms in total. The van der Waals surface area contributed by atoms with Crippen molar-refractivity contribution >= 4 is 17.4 Å². The van der Waals surface area contributed by atoms with Crippen LogP contribution in [-0.4, -0.2) is 11.9 Å². The number of hydrogen-bond acceptors (Lipinski definition) is 2. The second kappa shape index (κ2) is 6.63. The van der Waals surface area contributed by atoms with Crippen molar-refractivity contribution in [2.45, 2.75) is 40.2 Å². The molecule has 0 spiro atoms. The molecule has 102 valence electrons. The van der Waals surface area contributed by atoms with Gasteiger partial charge in [-0.15, -0.1) is 0 Å². The second-order valence-corrected chi connectivity index (χ2v) is 5.85. The predicted octanol–water partition coefficient (Wildman–Crippen LogP) is 4.12. The minimum atomic E-state index is -0.521. The summed E-state index contributed by atoms with van der Waals surface area (Å²) in [4.78, 5) is 11.9. The lowest BCUT2D eigenvalue weighted by Gasteiger charge is -2.12. The molecule has 3 heteroatoms. The molecule has 1 rings (SSSR count). The van der Waals surface area contributed by atoms with E-state index in [0.29, 0.717) is 10.8 Å². The summed E-state index contributed by atoms with van der Waals surface area (Å²) >= 11 is 5.85. The number of ether oxygens (including phenoxy) is 1. The maximum absolute atomic E-state index is 11.9. The van der Waals surface area contributed by atoms with Crippen LogP contribution in [-0.2, 0) is 4.79 Å². The highest BCUT2D eigenvalue weighted by atomic mass is 35.5. The van der Waals surface area contributed by atoms with Crippen molar-refractivity contribution < 1.29 is 9.53 Å². The molecule has 1 aromatic rings. The third-order valence-electron chi connectivity index (χ3n) is 2.29. The fourth-order valence-electron chi connectivity index (χ4n) is 1.35. The van der Waals surface area contributed by atoms with Crippen molar-refractivity contribution in [3.63, 3.8) is 0 Å². The smallest absolute Gasteiger partial charge is 0.184 e. The Morgan fingerprint density at radius 1 is 1.42 bits per heavy atom. The maximum Gasteiger partial charge on any atom is 0.184 e. The Morgan fingerprint density at radius 2 is 2.11 bits per heavy atom. The molecule has 0 aliphatic carbocycles. The molecule has 0 radical (unpaired) electrons. The lowest BCUT2D eigenvalue weighted by molar-refractivity contribution is -0.124. The highest BCUT2D eigenvalue weighted by Crippen LogP contribution is 2.18. The first-order valence-electron chi connectivity index (χ1n) is 6.23. The molecule has 0 bridgehead atoms. The molecule has 19 heavy (non-hydrogen) atoms. The first-order valence-corrected chi connectivity index (χ1v) is 6.61. The Kier molecular flexibility index (Phi) is 5.44. The summed E-state index contributed by atoms with van der Waals surface area (Å²) in [7, 11) is 0. The highest BCUT2D eigenvalue weighted by molar-refractivity contribution is 6.30. The van der Waals surface area contributed by atoms with Gasteiger partial charge in [-0.2, -0.15) is 0 Å². The zero-order valence-corrected chi connectivity index (χ0v) is 12.5. The average molecular weight is 279 g/mol. The molecule has 0 aliphatic heterocycles. The number of ketones is 1. The molecule has 0 saturated heterocycles. The fourth-order valence-corrected chi connectivity index (χ4v) is 1.53. The maximum atomic E-state index is 11.9. The van der Waals surface area contributed by atoms with Crippen LogP contribution in [0.4, 0.5) is 0 Å². The fraction of sp³-hybridized carbons (Fsp3) is 0.438. The molecule has 0 saturated carbocycles. The summed E-state index contributed by atoms with van der Waals surface area (Å²) < 4.78 is 5.54. The van der Waals surface area contributed by atoms with Crippen molar-refractivity contribution in [1.82, 2.24) is 0 Å². The molecular weight excluding hydrogens is 260 g/mol. The molecular formula is C16H19ClO2. The van der Waals surface area contributed by atoms with Gasteiger partial charge in [0.15, 0.2) is 11.9 Å². The average Bonchev–Trinajstić information content (AvgIpc) is 2.27. The number of rotatable bonds is 4. The summed E-state index contributed by atoms with van der Waals surface area (Å²) in [6, 6.07) is 7.01. The molecule has 0 fully saturated rings. The van der Waals surface area contributed by atoms with Gasteiger partial charge in [-0.25, -0.2) is 0 Å². The SMILES string of the molecule is CC(Oc1cccc(Cl)c1)C(=O)CC#CC(C)(C)C. The zero-order chi connectivity index (χ0) is 14.5. The summed E-state index contributed by atoms with van der Waals surface area (Å²) in [5.41, 5.74) is -0.0860. The number of Topliss-reactive ketones (excluding diaryl/α,β-unsaturated/α-hetero) is 1. The van der Waals surface area contributed by atoms with E-state index >= 15 is 0 Å².